The molecule has 3 rings (SSSR count). The molecule has 5 nitrogen and oxygen atoms in total. The van der Waals surface area contributed by atoms with Crippen LogP contribution in [-0.2, 0) is 4.79 Å². The number of methoxy groups -OCH3 is 1. The van der Waals surface area contributed by atoms with Crippen molar-refractivity contribution in [3.8, 4) is 11.4 Å². The Labute approximate surface area is 161 Å². The van der Waals surface area contributed by atoms with Gasteiger partial charge in [0.05, 0.1) is 12.8 Å². The van der Waals surface area contributed by atoms with Gasteiger partial charge in [0.15, 0.2) is 0 Å². The second kappa shape index (κ2) is 8.12. The molecule has 2 aromatic carbocycles. The minimum Gasteiger partial charge on any atom is -0.496 e. The lowest BCUT2D eigenvalue weighted by Crippen LogP contribution is -2.08. The van der Waals surface area contributed by atoms with E-state index in [1.807, 2.05) is 12.1 Å². The average molecular weight is 384 g/mol. The zero-order valence-electron chi connectivity index (χ0n) is 14.5. The van der Waals surface area contributed by atoms with Crippen molar-refractivity contribution in [2.24, 2.45) is 0 Å². The van der Waals surface area contributed by atoms with Crippen LogP contribution in [0.2, 0.25) is 5.02 Å². The average Bonchev–Trinajstić information content (AvgIpc) is 3.14. The quantitative estimate of drug-likeness (QED) is 0.622. The third-order valence-corrected chi connectivity index (χ3v) is 4.39. The fraction of sp³-hybridized carbons (Fsp3) is 0.0952. The van der Waals surface area contributed by atoms with Crippen molar-refractivity contribution in [1.29, 1.82) is 0 Å². The van der Waals surface area contributed by atoms with Crippen LogP contribution < -0.4 is 4.74 Å². The standard InChI is InChI=1S/C21H18ClNO4/c1-27-19-7-3-2-6-16(19)21(26)17-13-14(22)8-10-18(17)23-12-4-5-15(23)9-11-20(24)25/h2-13,21,26H,1H3,(H,24,25). The fourth-order valence-electron chi connectivity index (χ4n) is 2.93. The van der Waals surface area contributed by atoms with Crippen LogP contribution in [0, 0.1) is 0 Å². The number of aliphatic hydroxyl groups excluding tert-OH is 1. The Balaban J connectivity index is 2.13. The summed E-state index contributed by atoms with van der Waals surface area (Å²) in [6.45, 7) is 0. The molecule has 3 aromatic rings. The van der Waals surface area contributed by atoms with Gasteiger partial charge in [0, 0.05) is 34.1 Å². The number of carboxylic acids is 1. The van der Waals surface area contributed by atoms with Crippen molar-refractivity contribution in [2.75, 3.05) is 7.11 Å². The van der Waals surface area contributed by atoms with Crippen molar-refractivity contribution < 1.29 is 19.7 Å². The van der Waals surface area contributed by atoms with Crippen molar-refractivity contribution in [1.82, 2.24) is 4.57 Å². The van der Waals surface area contributed by atoms with Crippen molar-refractivity contribution in [3.63, 3.8) is 0 Å². The SMILES string of the molecule is COc1ccccc1C(O)c1cc(Cl)ccc1-n1cccc1C=CC(=O)O. The van der Waals surface area contributed by atoms with E-state index >= 15 is 0 Å². The molecule has 1 aromatic heterocycles. The van der Waals surface area contributed by atoms with E-state index in [-0.39, 0.29) is 0 Å². The molecule has 138 valence electrons. The minimum atomic E-state index is -1.03. The number of aromatic nitrogens is 1. The molecule has 0 spiro atoms. The van der Waals surface area contributed by atoms with E-state index in [1.54, 1.807) is 60.3 Å². The predicted molar refractivity (Wildman–Crippen MR) is 105 cm³/mol. The number of carbonyl (C=O) groups is 1. The van der Waals surface area contributed by atoms with Gasteiger partial charge in [0.2, 0.25) is 0 Å². The fourth-order valence-corrected chi connectivity index (χ4v) is 3.11. The largest absolute Gasteiger partial charge is 0.496 e. The van der Waals surface area contributed by atoms with Crippen LogP contribution in [0.1, 0.15) is 22.9 Å². The predicted octanol–water partition coefficient (Wildman–Crippen LogP) is 4.32. The highest BCUT2D eigenvalue weighted by Gasteiger charge is 2.20. The normalized spacial score (nSPS) is 12.3. The van der Waals surface area contributed by atoms with Crippen molar-refractivity contribution in [3.05, 3.63) is 88.7 Å². The van der Waals surface area contributed by atoms with Crippen LogP contribution in [0.5, 0.6) is 5.75 Å². The third kappa shape index (κ3) is 4.05. The maximum Gasteiger partial charge on any atom is 0.328 e. The number of halogens is 1. The molecular weight excluding hydrogens is 366 g/mol. The number of aliphatic carboxylic acids is 1. The molecule has 0 radical (unpaired) electrons. The van der Waals surface area contributed by atoms with E-state index < -0.39 is 12.1 Å². The number of benzene rings is 2. The Morgan fingerprint density at radius 1 is 1.15 bits per heavy atom. The number of hydrogen-bond acceptors (Lipinski definition) is 3. The molecular formula is C21H18ClNO4. The van der Waals surface area contributed by atoms with E-state index in [2.05, 4.69) is 0 Å². The van der Waals surface area contributed by atoms with Crippen LogP contribution in [0.15, 0.2) is 66.9 Å². The van der Waals surface area contributed by atoms with Gasteiger partial charge >= 0.3 is 5.97 Å². The van der Waals surface area contributed by atoms with Crippen LogP contribution in [0.25, 0.3) is 11.8 Å². The number of rotatable bonds is 6. The van der Waals surface area contributed by atoms with Gasteiger partial charge in [-0.1, -0.05) is 29.8 Å². The lowest BCUT2D eigenvalue weighted by molar-refractivity contribution is -0.131. The molecule has 0 fully saturated rings. The van der Waals surface area contributed by atoms with E-state index in [9.17, 15) is 9.90 Å². The summed E-state index contributed by atoms with van der Waals surface area (Å²) in [6.07, 6.45) is 3.38. The number of ether oxygens (including phenoxy) is 1. The lowest BCUT2D eigenvalue weighted by atomic mass is 9.98. The Hall–Kier alpha value is -3.02. The maximum atomic E-state index is 11.1. The van der Waals surface area contributed by atoms with E-state index in [1.165, 1.54) is 6.08 Å². The number of hydrogen-bond donors (Lipinski definition) is 2. The smallest absolute Gasteiger partial charge is 0.328 e. The van der Waals surface area contributed by atoms with Crippen LogP contribution in [0.3, 0.4) is 0 Å². The summed E-state index contributed by atoms with van der Waals surface area (Å²) in [5.74, 6) is -0.470. The van der Waals surface area contributed by atoms with Gasteiger partial charge in [-0.2, -0.15) is 0 Å². The maximum absolute atomic E-state index is 11.1. The Morgan fingerprint density at radius 3 is 2.67 bits per heavy atom. The van der Waals surface area contributed by atoms with Crippen molar-refractivity contribution >= 4 is 23.6 Å². The molecule has 0 bridgehead atoms. The monoisotopic (exact) mass is 383 g/mol. The minimum absolute atomic E-state index is 0.484. The first-order chi connectivity index (χ1) is 13.0. The highest BCUT2D eigenvalue weighted by molar-refractivity contribution is 6.30. The molecule has 1 unspecified atom stereocenters. The summed E-state index contributed by atoms with van der Waals surface area (Å²) in [4.78, 5) is 10.9. The molecule has 0 saturated heterocycles. The molecule has 0 saturated carbocycles. The van der Waals surface area contributed by atoms with Gasteiger partial charge in [0.1, 0.15) is 11.9 Å². The van der Waals surface area contributed by atoms with E-state index in [0.717, 1.165) is 6.08 Å². The molecule has 2 N–H and O–H groups in total. The van der Waals surface area contributed by atoms with Gasteiger partial charge in [-0.05, 0) is 42.5 Å². The molecule has 27 heavy (non-hydrogen) atoms. The number of para-hydroxylation sites is 1. The number of carboxylic acid groups (broad SMARTS) is 1. The molecule has 0 aliphatic carbocycles. The topological polar surface area (TPSA) is 71.7 Å². The third-order valence-electron chi connectivity index (χ3n) is 4.15. The Morgan fingerprint density at radius 2 is 1.93 bits per heavy atom. The van der Waals surface area contributed by atoms with E-state index in [4.69, 9.17) is 21.4 Å². The first-order valence-corrected chi connectivity index (χ1v) is 8.58. The molecule has 0 amide bonds. The number of aliphatic hydroxyl groups is 1. The lowest BCUT2D eigenvalue weighted by Gasteiger charge is -2.20. The van der Waals surface area contributed by atoms with Crippen LogP contribution >= 0.6 is 11.6 Å². The summed E-state index contributed by atoms with van der Waals surface area (Å²) in [6, 6.07) is 16.0. The molecule has 6 heteroatoms. The summed E-state index contributed by atoms with van der Waals surface area (Å²) in [7, 11) is 1.55. The highest BCUT2D eigenvalue weighted by atomic mass is 35.5. The van der Waals surface area contributed by atoms with Gasteiger partial charge in [-0.25, -0.2) is 4.79 Å². The molecule has 0 aliphatic heterocycles. The van der Waals surface area contributed by atoms with Gasteiger partial charge in [-0.3, -0.25) is 0 Å². The van der Waals surface area contributed by atoms with Gasteiger partial charge in [-0.15, -0.1) is 0 Å². The van der Waals surface area contributed by atoms with E-state index in [0.29, 0.717) is 33.3 Å². The first kappa shape index (κ1) is 18.8. The van der Waals surface area contributed by atoms with Crippen LogP contribution in [0.4, 0.5) is 0 Å². The molecule has 1 atom stereocenters. The zero-order chi connectivity index (χ0) is 19.4. The van der Waals surface area contributed by atoms with Gasteiger partial charge < -0.3 is 19.5 Å². The highest BCUT2D eigenvalue weighted by Crippen LogP contribution is 2.35. The summed E-state index contributed by atoms with van der Waals surface area (Å²) in [5, 5.41) is 20.4. The summed E-state index contributed by atoms with van der Waals surface area (Å²) < 4.78 is 7.16. The second-order valence-electron chi connectivity index (χ2n) is 5.82. The molecule has 0 aliphatic rings. The zero-order valence-corrected chi connectivity index (χ0v) is 15.3. The first-order valence-electron chi connectivity index (χ1n) is 8.20. The Bertz CT molecular complexity index is 993. The Kier molecular flexibility index (Phi) is 5.64. The molecule has 1 heterocycles. The second-order valence-corrected chi connectivity index (χ2v) is 6.26. The summed E-state index contributed by atoms with van der Waals surface area (Å²) in [5.41, 5.74) is 2.53. The summed E-state index contributed by atoms with van der Waals surface area (Å²) >= 11 is 6.18. The van der Waals surface area contributed by atoms with Crippen molar-refractivity contribution in [2.45, 2.75) is 6.10 Å². The van der Waals surface area contributed by atoms with Gasteiger partial charge in [0.25, 0.3) is 0 Å². The number of nitrogens with zero attached hydrogens (tertiary/aromatic N) is 1. The van der Waals surface area contributed by atoms with Crippen LogP contribution in [-0.4, -0.2) is 27.9 Å².